The first kappa shape index (κ1) is 17.9. The highest BCUT2D eigenvalue weighted by atomic mass is 19.1. The number of likely N-dealkylation sites (N-methyl/N-ethyl adjacent to an activating group) is 1. The van der Waals surface area contributed by atoms with Gasteiger partial charge in [-0.2, -0.15) is 0 Å². The molecule has 2 aromatic rings. The molecule has 0 aliphatic carbocycles. The Morgan fingerprint density at radius 1 is 1.26 bits per heavy atom. The normalized spacial score (nSPS) is 22.6. The SMILES string of the molecule is CCN1CC2CCC1CN2c1nc2c(cc1F)c(=O)c(C(=O)O)cn2CC. The van der Waals surface area contributed by atoms with Gasteiger partial charge in [-0.1, -0.05) is 6.92 Å². The van der Waals surface area contributed by atoms with Gasteiger partial charge in [0.15, 0.2) is 11.6 Å². The third-order valence-electron chi connectivity index (χ3n) is 5.88. The highest BCUT2D eigenvalue weighted by Gasteiger charge is 2.39. The number of piperidine rings is 2. The highest BCUT2D eigenvalue weighted by molar-refractivity contribution is 5.92. The van der Waals surface area contributed by atoms with Crippen LogP contribution in [0, 0.1) is 5.82 Å². The van der Waals surface area contributed by atoms with Crippen LogP contribution in [-0.4, -0.2) is 57.2 Å². The third kappa shape index (κ3) is 2.79. The molecule has 7 nitrogen and oxygen atoms in total. The Hall–Kier alpha value is -2.48. The van der Waals surface area contributed by atoms with Crippen molar-refractivity contribution in [3.63, 3.8) is 0 Å². The summed E-state index contributed by atoms with van der Waals surface area (Å²) in [4.78, 5) is 32.7. The van der Waals surface area contributed by atoms with Gasteiger partial charge in [-0.15, -0.1) is 0 Å². The number of carboxylic acid groups (broad SMARTS) is 1. The molecule has 2 atom stereocenters. The van der Waals surface area contributed by atoms with E-state index >= 15 is 0 Å². The van der Waals surface area contributed by atoms with Crippen LogP contribution in [0.2, 0.25) is 0 Å². The van der Waals surface area contributed by atoms with Crippen molar-refractivity contribution in [3.8, 4) is 0 Å². The smallest absolute Gasteiger partial charge is 0.341 e. The molecule has 2 aromatic heterocycles. The second-order valence-electron chi connectivity index (χ2n) is 7.25. The van der Waals surface area contributed by atoms with Gasteiger partial charge < -0.3 is 14.6 Å². The number of carbonyl (C=O) groups is 1. The maximum absolute atomic E-state index is 14.9. The molecule has 0 spiro atoms. The molecule has 1 N–H and O–H groups in total. The molecule has 0 saturated carbocycles. The summed E-state index contributed by atoms with van der Waals surface area (Å²) in [5.41, 5.74) is -0.732. The molecule has 8 heteroatoms. The zero-order valence-electron chi connectivity index (χ0n) is 15.5. The van der Waals surface area contributed by atoms with Crippen molar-refractivity contribution in [2.24, 2.45) is 0 Å². The number of fused-ring (bicyclic) bond motifs is 4. The maximum atomic E-state index is 14.9. The van der Waals surface area contributed by atoms with E-state index in [-0.39, 0.29) is 22.8 Å². The van der Waals surface area contributed by atoms with Gasteiger partial charge in [-0.25, -0.2) is 14.2 Å². The van der Waals surface area contributed by atoms with Crippen LogP contribution in [0.1, 0.15) is 37.0 Å². The lowest BCUT2D eigenvalue weighted by molar-refractivity contribution is 0.0695. The Morgan fingerprint density at radius 3 is 2.59 bits per heavy atom. The van der Waals surface area contributed by atoms with Crippen LogP contribution in [0.3, 0.4) is 0 Å². The molecule has 3 fully saturated rings. The van der Waals surface area contributed by atoms with Crippen LogP contribution in [0.4, 0.5) is 10.2 Å². The quantitative estimate of drug-likeness (QED) is 0.881. The lowest BCUT2D eigenvalue weighted by atomic mass is 9.91. The van der Waals surface area contributed by atoms with Crippen LogP contribution in [-0.2, 0) is 6.54 Å². The molecular weight excluding hydrogens is 351 g/mol. The van der Waals surface area contributed by atoms with Gasteiger partial charge in [-0.3, -0.25) is 9.69 Å². The average molecular weight is 374 g/mol. The number of hydrogen-bond acceptors (Lipinski definition) is 5. The number of pyridine rings is 2. The van der Waals surface area contributed by atoms with E-state index < -0.39 is 17.2 Å². The lowest BCUT2D eigenvalue weighted by Crippen LogP contribution is -2.63. The molecule has 144 valence electrons. The summed E-state index contributed by atoms with van der Waals surface area (Å²) in [6.45, 7) is 7.00. The first-order valence-electron chi connectivity index (χ1n) is 9.42. The number of carboxylic acids is 1. The molecule has 0 radical (unpaired) electrons. The highest BCUT2D eigenvalue weighted by Crippen LogP contribution is 2.33. The molecular formula is C19H23FN4O3. The first-order chi connectivity index (χ1) is 12.9. The molecule has 2 bridgehead atoms. The molecule has 5 heterocycles. The monoisotopic (exact) mass is 374 g/mol. The fourth-order valence-electron chi connectivity index (χ4n) is 4.43. The van der Waals surface area contributed by atoms with E-state index in [0.29, 0.717) is 18.2 Å². The second-order valence-corrected chi connectivity index (χ2v) is 7.25. The number of rotatable bonds is 4. The van der Waals surface area contributed by atoms with Crippen molar-refractivity contribution in [1.82, 2.24) is 14.5 Å². The number of anilines is 1. The van der Waals surface area contributed by atoms with Gasteiger partial charge in [-0.05, 0) is 32.4 Å². The minimum atomic E-state index is -1.32. The number of piperazine rings is 1. The number of nitrogens with zero attached hydrogens (tertiary/aromatic N) is 4. The average Bonchev–Trinajstić information content (AvgIpc) is 2.68. The molecule has 2 unspecified atom stereocenters. The molecule has 0 amide bonds. The standard InChI is InChI=1S/C19H23FN4O3/c1-3-22-8-12-6-5-11(22)9-24(12)18-15(20)7-13-16(25)14(19(26)27)10-23(4-2)17(13)21-18/h7,10-12H,3-6,8-9H2,1-2H3,(H,26,27). The fraction of sp³-hybridized carbons (Fsp3) is 0.526. The molecule has 5 rings (SSSR count). The Labute approximate surface area is 156 Å². The van der Waals surface area contributed by atoms with Crippen molar-refractivity contribution >= 4 is 22.8 Å². The number of halogens is 1. The van der Waals surface area contributed by atoms with E-state index in [9.17, 15) is 19.1 Å². The first-order valence-corrected chi connectivity index (χ1v) is 9.42. The summed E-state index contributed by atoms with van der Waals surface area (Å²) in [5, 5.41) is 9.26. The summed E-state index contributed by atoms with van der Waals surface area (Å²) >= 11 is 0. The zero-order valence-corrected chi connectivity index (χ0v) is 15.5. The zero-order chi connectivity index (χ0) is 19.3. The van der Waals surface area contributed by atoms with E-state index in [1.54, 1.807) is 4.57 Å². The number of aryl methyl sites for hydroxylation is 1. The Balaban J connectivity index is 1.84. The predicted octanol–water partition coefficient (Wildman–Crippen LogP) is 1.93. The maximum Gasteiger partial charge on any atom is 0.341 e. The van der Waals surface area contributed by atoms with E-state index in [2.05, 4.69) is 16.8 Å². The van der Waals surface area contributed by atoms with Crippen LogP contribution < -0.4 is 10.3 Å². The van der Waals surface area contributed by atoms with Gasteiger partial charge in [0.25, 0.3) is 0 Å². The topological polar surface area (TPSA) is 78.7 Å². The Bertz CT molecular complexity index is 974. The fourth-order valence-corrected chi connectivity index (χ4v) is 4.43. The van der Waals surface area contributed by atoms with E-state index in [1.807, 2.05) is 11.8 Å². The summed E-state index contributed by atoms with van der Waals surface area (Å²) in [6.07, 6.45) is 3.40. The van der Waals surface area contributed by atoms with Crippen molar-refractivity contribution in [2.45, 2.75) is 45.3 Å². The van der Waals surface area contributed by atoms with Crippen molar-refractivity contribution in [3.05, 3.63) is 33.9 Å². The summed E-state index contributed by atoms with van der Waals surface area (Å²) in [5.74, 6) is -1.63. The molecule has 27 heavy (non-hydrogen) atoms. The van der Waals surface area contributed by atoms with E-state index in [4.69, 9.17) is 0 Å². The lowest BCUT2D eigenvalue weighted by Gasteiger charge is -2.51. The van der Waals surface area contributed by atoms with Gasteiger partial charge in [0, 0.05) is 37.9 Å². The third-order valence-corrected chi connectivity index (χ3v) is 5.88. The Kier molecular flexibility index (Phi) is 4.38. The van der Waals surface area contributed by atoms with Gasteiger partial charge in [0.2, 0.25) is 5.43 Å². The van der Waals surface area contributed by atoms with Gasteiger partial charge in [0.1, 0.15) is 11.2 Å². The largest absolute Gasteiger partial charge is 0.477 e. The van der Waals surface area contributed by atoms with Crippen molar-refractivity contribution in [1.29, 1.82) is 0 Å². The van der Waals surface area contributed by atoms with Gasteiger partial charge in [0.05, 0.1) is 5.39 Å². The summed E-state index contributed by atoms with van der Waals surface area (Å²) in [7, 11) is 0. The van der Waals surface area contributed by atoms with E-state index in [0.717, 1.165) is 38.5 Å². The van der Waals surface area contributed by atoms with E-state index in [1.165, 1.54) is 6.20 Å². The number of hydrogen-bond donors (Lipinski definition) is 1. The molecule has 0 aromatic carbocycles. The minimum Gasteiger partial charge on any atom is -0.477 e. The Morgan fingerprint density at radius 2 is 2.00 bits per heavy atom. The molecule has 3 aliphatic heterocycles. The summed E-state index contributed by atoms with van der Waals surface area (Å²) < 4.78 is 16.5. The summed E-state index contributed by atoms with van der Waals surface area (Å²) in [6, 6.07) is 1.74. The van der Waals surface area contributed by atoms with Crippen LogP contribution in [0.15, 0.2) is 17.1 Å². The van der Waals surface area contributed by atoms with Gasteiger partial charge >= 0.3 is 5.97 Å². The predicted molar refractivity (Wildman–Crippen MR) is 100.0 cm³/mol. The van der Waals surface area contributed by atoms with Crippen LogP contribution in [0.25, 0.3) is 11.0 Å². The van der Waals surface area contributed by atoms with Crippen LogP contribution >= 0.6 is 0 Å². The second kappa shape index (κ2) is 6.60. The number of aromatic carboxylic acids is 1. The van der Waals surface area contributed by atoms with Crippen LogP contribution in [0.5, 0.6) is 0 Å². The molecule has 3 saturated heterocycles. The number of aromatic nitrogens is 2. The molecule has 3 aliphatic rings. The van der Waals surface area contributed by atoms with Crippen molar-refractivity contribution < 1.29 is 14.3 Å². The van der Waals surface area contributed by atoms with Crippen molar-refractivity contribution in [2.75, 3.05) is 24.5 Å². The minimum absolute atomic E-state index is 0.00959.